The summed E-state index contributed by atoms with van der Waals surface area (Å²) in [5.41, 5.74) is 6.11. The smallest absolute Gasteiger partial charge is 0.134 e. The van der Waals surface area contributed by atoms with Crippen molar-refractivity contribution in [2.24, 2.45) is 11.7 Å². The molecular weight excluding hydrogens is 188 g/mol. The molecule has 2 N–H and O–H groups in total. The molecule has 2 rings (SSSR count). The van der Waals surface area contributed by atoms with Crippen molar-refractivity contribution in [3.05, 3.63) is 11.6 Å². The third kappa shape index (κ3) is 2.20. The largest absolute Gasteiger partial charge is 0.327 e. The second-order valence-electron chi connectivity index (χ2n) is 4.83. The van der Waals surface area contributed by atoms with Crippen LogP contribution < -0.4 is 5.73 Å². The summed E-state index contributed by atoms with van der Waals surface area (Å²) < 4.78 is 2.18. The molecule has 0 aliphatic heterocycles. The first-order valence-electron chi connectivity index (χ1n) is 5.75. The number of aromatic nitrogens is 3. The number of nitrogens with two attached hydrogens (primary N) is 1. The van der Waals surface area contributed by atoms with Crippen LogP contribution in [-0.2, 0) is 6.42 Å². The first-order valence-corrected chi connectivity index (χ1v) is 5.75. The lowest BCUT2D eigenvalue weighted by molar-refractivity contribution is 0.511. The third-order valence-corrected chi connectivity index (χ3v) is 3.10. The van der Waals surface area contributed by atoms with Crippen molar-refractivity contribution in [1.29, 1.82) is 0 Å². The van der Waals surface area contributed by atoms with Gasteiger partial charge in [-0.25, -0.2) is 0 Å². The van der Waals surface area contributed by atoms with Crippen LogP contribution in [0.25, 0.3) is 0 Å². The van der Waals surface area contributed by atoms with Gasteiger partial charge in [-0.3, -0.25) is 0 Å². The van der Waals surface area contributed by atoms with E-state index in [0.29, 0.717) is 6.04 Å². The number of rotatable bonds is 4. The van der Waals surface area contributed by atoms with E-state index in [9.17, 15) is 0 Å². The number of aryl methyl sites for hydroxylation is 1. The van der Waals surface area contributed by atoms with E-state index in [0.717, 1.165) is 24.0 Å². The van der Waals surface area contributed by atoms with Crippen LogP contribution in [0.15, 0.2) is 0 Å². The predicted molar refractivity (Wildman–Crippen MR) is 59.5 cm³/mol. The van der Waals surface area contributed by atoms with E-state index >= 15 is 0 Å². The maximum Gasteiger partial charge on any atom is 0.134 e. The van der Waals surface area contributed by atoms with Gasteiger partial charge in [0.05, 0.1) is 0 Å². The summed E-state index contributed by atoms with van der Waals surface area (Å²) in [6, 6.07) is 0.688. The molecule has 0 bridgehead atoms. The molecule has 4 heteroatoms. The van der Waals surface area contributed by atoms with E-state index in [1.165, 1.54) is 12.8 Å². The SMILES string of the molecule is Cc1nnc(CC(N)C2CC2)n1C(C)C. The molecule has 0 radical (unpaired) electrons. The van der Waals surface area contributed by atoms with Crippen molar-refractivity contribution in [3.63, 3.8) is 0 Å². The summed E-state index contributed by atoms with van der Waals surface area (Å²) in [7, 11) is 0. The molecule has 1 aliphatic carbocycles. The average Bonchev–Trinajstić information content (AvgIpc) is 2.92. The molecular formula is C11H20N4. The second kappa shape index (κ2) is 3.93. The average molecular weight is 208 g/mol. The van der Waals surface area contributed by atoms with Crippen LogP contribution in [0.4, 0.5) is 0 Å². The molecule has 0 amide bonds. The van der Waals surface area contributed by atoms with Gasteiger partial charge >= 0.3 is 0 Å². The lowest BCUT2D eigenvalue weighted by atomic mass is 10.1. The highest BCUT2D eigenvalue weighted by molar-refractivity contribution is 5.00. The molecule has 0 spiro atoms. The Morgan fingerprint density at radius 3 is 2.60 bits per heavy atom. The fraction of sp³-hybridized carbons (Fsp3) is 0.818. The molecule has 4 nitrogen and oxygen atoms in total. The van der Waals surface area contributed by atoms with Crippen molar-refractivity contribution in [2.45, 2.75) is 52.1 Å². The van der Waals surface area contributed by atoms with E-state index in [1.807, 2.05) is 6.92 Å². The summed E-state index contributed by atoms with van der Waals surface area (Å²) in [6.45, 7) is 6.31. The van der Waals surface area contributed by atoms with Gasteiger partial charge in [-0.05, 0) is 39.5 Å². The molecule has 15 heavy (non-hydrogen) atoms. The van der Waals surface area contributed by atoms with Crippen molar-refractivity contribution >= 4 is 0 Å². The predicted octanol–water partition coefficient (Wildman–Crippen LogP) is 1.45. The van der Waals surface area contributed by atoms with Crippen LogP contribution >= 0.6 is 0 Å². The van der Waals surface area contributed by atoms with Gasteiger partial charge in [0, 0.05) is 18.5 Å². The van der Waals surface area contributed by atoms with Gasteiger partial charge in [-0.15, -0.1) is 10.2 Å². The van der Waals surface area contributed by atoms with Crippen LogP contribution in [0, 0.1) is 12.8 Å². The van der Waals surface area contributed by atoms with Crippen LogP contribution in [0.5, 0.6) is 0 Å². The molecule has 1 aliphatic rings. The normalized spacial score (nSPS) is 18.5. The number of nitrogens with zero attached hydrogens (tertiary/aromatic N) is 3. The summed E-state index contributed by atoms with van der Waals surface area (Å²) in [5, 5.41) is 8.35. The Morgan fingerprint density at radius 2 is 2.07 bits per heavy atom. The first kappa shape index (κ1) is 10.6. The molecule has 0 aromatic carbocycles. The van der Waals surface area contributed by atoms with Crippen LogP contribution in [-0.4, -0.2) is 20.8 Å². The third-order valence-electron chi connectivity index (χ3n) is 3.10. The van der Waals surface area contributed by atoms with E-state index in [-0.39, 0.29) is 6.04 Å². The van der Waals surface area contributed by atoms with Crippen molar-refractivity contribution in [2.75, 3.05) is 0 Å². The lowest BCUT2D eigenvalue weighted by Gasteiger charge is -2.15. The highest BCUT2D eigenvalue weighted by atomic mass is 15.3. The van der Waals surface area contributed by atoms with E-state index in [2.05, 4.69) is 28.6 Å². The number of hydrogen-bond acceptors (Lipinski definition) is 3. The highest BCUT2D eigenvalue weighted by Gasteiger charge is 2.29. The van der Waals surface area contributed by atoms with E-state index in [4.69, 9.17) is 5.73 Å². The number of hydrogen-bond donors (Lipinski definition) is 1. The van der Waals surface area contributed by atoms with Gasteiger partial charge in [0.2, 0.25) is 0 Å². The summed E-state index contributed by atoms with van der Waals surface area (Å²) >= 11 is 0. The molecule has 1 unspecified atom stereocenters. The zero-order valence-electron chi connectivity index (χ0n) is 9.77. The lowest BCUT2D eigenvalue weighted by Crippen LogP contribution is -2.27. The molecule has 0 saturated heterocycles. The maximum atomic E-state index is 6.11. The van der Waals surface area contributed by atoms with Crippen molar-refractivity contribution in [1.82, 2.24) is 14.8 Å². The van der Waals surface area contributed by atoms with Gasteiger partial charge < -0.3 is 10.3 Å². The maximum absolute atomic E-state index is 6.11. The van der Waals surface area contributed by atoms with Gasteiger partial charge in [0.15, 0.2) is 0 Å². The fourth-order valence-electron chi connectivity index (χ4n) is 2.13. The van der Waals surface area contributed by atoms with Crippen molar-refractivity contribution in [3.8, 4) is 0 Å². The van der Waals surface area contributed by atoms with Crippen LogP contribution in [0.3, 0.4) is 0 Å². The molecule has 84 valence electrons. The Bertz CT molecular complexity index is 338. The molecule has 1 fully saturated rings. The summed E-state index contributed by atoms with van der Waals surface area (Å²) in [6.07, 6.45) is 3.44. The van der Waals surface area contributed by atoms with Crippen LogP contribution in [0.1, 0.15) is 44.4 Å². The zero-order valence-corrected chi connectivity index (χ0v) is 9.77. The zero-order chi connectivity index (χ0) is 11.0. The minimum absolute atomic E-state index is 0.270. The van der Waals surface area contributed by atoms with Gasteiger partial charge in [-0.2, -0.15) is 0 Å². The molecule has 1 atom stereocenters. The summed E-state index contributed by atoms with van der Waals surface area (Å²) in [5.74, 6) is 2.76. The fourth-order valence-corrected chi connectivity index (χ4v) is 2.13. The Hall–Kier alpha value is -0.900. The minimum atomic E-state index is 0.270. The quantitative estimate of drug-likeness (QED) is 0.814. The monoisotopic (exact) mass is 208 g/mol. The minimum Gasteiger partial charge on any atom is -0.327 e. The van der Waals surface area contributed by atoms with Gasteiger partial charge in [0.25, 0.3) is 0 Å². The standard InChI is InChI=1S/C11H20N4/c1-7(2)15-8(3)13-14-11(15)6-10(12)9-4-5-9/h7,9-10H,4-6,12H2,1-3H3. The molecule has 1 saturated carbocycles. The van der Waals surface area contributed by atoms with Gasteiger partial charge in [-0.1, -0.05) is 0 Å². The summed E-state index contributed by atoms with van der Waals surface area (Å²) in [4.78, 5) is 0. The Labute approximate surface area is 90.9 Å². The van der Waals surface area contributed by atoms with E-state index < -0.39 is 0 Å². The molecule has 1 aromatic heterocycles. The second-order valence-corrected chi connectivity index (χ2v) is 4.83. The topological polar surface area (TPSA) is 56.7 Å². The van der Waals surface area contributed by atoms with E-state index in [1.54, 1.807) is 0 Å². The Balaban J connectivity index is 2.12. The van der Waals surface area contributed by atoms with Crippen molar-refractivity contribution < 1.29 is 0 Å². The Kier molecular flexibility index (Phi) is 2.78. The molecule has 1 aromatic rings. The highest BCUT2D eigenvalue weighted by Crippen LogP contribution is 2.32. The molecule has 1 heterocycles. The van der Waals surface area contributed by atoms with Crippen LogP contribution in [0.2, 0.25) is 0 Å². The first-order chi connectivity index (χ1) is 7.09. The van der Waals surface area contributed by atoms with Gasteiger partial charge in [0.1, 0.15) is 11.6 Å². The Morgan fingerprint density at radius 1 is 1.40 bits per heavy atom.